The molecule has 0 saturated heterocycles. The highest BCUT2D eigenvalue weighted by Gasteiger charge is 2.24. The summed E-state index contributed by atoms with van der Waals surface area (Å²) in [6, 6.07) is 0.583. The zero-order chi connectivity index (χ0) is 19.4. The van der Waals surface area contributed by atoms with Crippen LogP contribution in [0, 0.1) is 0 Å². The smallest absolute Gasteiger partial charge is 0.255 e. The van der Waals surface area contributed by atoms with Gasteiger partial charge >= 0.3 is 0 Å². The van der Waals surface area contributed by atoms with Crippen LogP contribution < -0.4 is 5.32 Å². The van der Waals surface area contributed by atoms with Crippen LogP contribution in [0.2, 0.25) is 5.02 Å². The van der Waals surface area contributed by atoms with Gasteiger partial charge < -0.3 is 25.7 Å². The van der Waals surface area contributed by atoms with Crippen molar-refractivity contribution in [3.63, 3.8) is 0 Å². The van der Waals surface area contributed by atoms with Gasteiger partial charge in [-0.3, -0.25) is 9.59 Å². The number of nitrogens with one attached hydrogen (secondary N) is 1. The number of halogens is 1. The van der Waals surface area contributed by atoms with Crippen molar-refractivity contribution in [2.24, 2.45) is 0 Å². The Bertz CT molecular complexity index is 773. The van der Waals surface area contributed by atoms with E-state index in [9.17, 15) is 30.0 Å². The number of ketones is 1. The number of hydrogen-bond acceptors (Lipinski definition) is 6. The highest BCUT2D eigenvalue weighted by molar-refractivity contribution is 6.34. The second kappa shape index (κ2) is 8.35. The first kappa shape index (κ1) is 20.0. The summed E-state index contributed by atoms with van der Waals surface area (Å²) in [7, 11) is 0. The Hall–Kier alpha value is -2.35. The number of benzene rings is 1. The zero-order valence-corrected chi connectivity index (χ0v) is 14.8. The summed E-state index contributed by atoms with van der Waals surface area (Å²) in [6.45, 7) is 1.69. The molecule has 8 heteroatoms. The Morgan fingerprint density at radius 3 is 2.42 bits per heavy atom. The van der Waals surface area contributed by atoms with Gasteiger partial charge in [-0.25, -0.2) is 0 Å². The monoisotopic (exact) mass is 381 g/mol. The first-order valence-electron chi connectivity index (χ1n) is 8.00. The third-order valence-corrected chi connectivity index (χ3v) is 4.35. The lowest BCUT2D eigenvalue weighted by atomic mass is 10.0. The molecular formula is C18H20ClNO6. The van der Waals surface area contributed by atoms with Crippen LogP contribution in [0.15, 0.2) is 24.3 Å². The topological polar surface area (TPSA) is 127 Å². The fourth-order valence-corrected chi connectivity index (χ4v) is 2.74. The van der Waals surface area contributed by atoms with Crippen molar-refractivity contribution in [2.75, 3.05) is 0 Å². The van der Waals surface area contributed by atoms with Crippen molar-refractivity contribution in [1.29, 1.82) is 0 Å². The van der Waals surface area contributed by atoms with Crippen LogP contribution in [-0.4, -0.2) is 50.4 Å². The maximum absolute atomic E-state index is 12.5. The highest BCUT2D eigenvalue weighted by Crippen LogP contribution is 2.37. The summed E-state index contributed by atoms with van der Waals surface area (Å²) in [6.07, 6.45) is 2.60. The Balaban J connectivity index is 2.51. The molecule has 1 heterocycles. The number of phenols is 2. The van der Waals surface area contributed by atoms with E-state index in [1.54, 1.807) is 6.92 Å². The van der Waals surface area contributed by atoms with Gasteiger partial charge in [0.15, 0.2) is 5.78 Å². The summed E-state index contributed by atoms with van der Waals surface area (Å²) in [5, 5.41) is 42.2. The Kier molecular flexibility index (Phi) is 6.42. The molecular weight excluding hydrogens is 362 g/mol. The van der Waals surface area contributed by atoms with Gasteiger partial charge in [-0.05, 0) is 25.8 Å². The van der Waals surface area contributed by atoms with Crippen LogP contribution in [-0.2, 0) is 4.79 Å². The minimum Gasteiger partial charge on any atom is -0.507 e. The molecule has 26 heavy (non-hydrogen) atoms. The van der Waals surface area contributed by atoms with Gasteiger partial charge in [-0.15, -0.1) is 0 Å². The van der Waals surface area contributed by atoms with Crippen molar-refractivity contribution in [3.05, 3.63) is 40.4 Å². The van der Waals surface area contributed by atoms with Crippen LogP contribution in [0.3, 0.4) is 0 Å². The first-order valence-corrected chi connectivity index (χ1v) is 8.38. The molecule has 0 radical (unpaired) electrons. The summed E-state index contributed by atoms with van der Waals surface area (Å²) in [5.74, 6) is -2.10. The number of carbonyl (C=O) groups excluding carboxylic acids is 2. The molecule has 0 fully saturated rings. The summed E-state index contributed by atoms with van der Waals surface area (Å²) < 4.78 is 0. The van der Waals surface area contributed by atoms with Crippen LogP contribution >= 0.6 is 11.6 Å². The molecule has 0 unspecified atom stereocenters. The third-order valence-electron chi connectivity index (χ3n) is 3.95. The largest absolute Gasteiger partial charge is 0.507 e. The van der Waals surface area contributed by atoms with E-state index in [0.717, 1.165) is 12.1 Å². The molecule has 1 aliphatic heterocycles. The van der Waals surface area contributed by atoms with E-state index in [0.29, 0.717) is 0 Å². The number of aliphatic hydroxyl groups excluding tert-OH is 2. The van der Waals surface area contributed by atoms with Crippen LogP contribution in [0.1, 0.15) is 35.7 Å². The number of phenolic OH excluding ortho intramolecular Hbond substituents is 2. The lowest BCUT2D eigenvalue weighted by molar-refractivity contribution is -0.127. The second-order valence-corrected chi connectivity index (χ2v) is 6.46. The van der Waals surface area contributed by atoms with E-state index in [1.165, 1.54) is 18.2 Å². The normalized spacial score (nSPS) is 27.2. The highest BCUT2D eigenvalue weighted by atomic mass is 35.5. The maximum atomic E-state index is 12.5. The molecule has 1 amide bonds. The van der Waals surface area contributed by atoms with Crippen molar-refractivity contribution < 1.29 is 30.0 Å². The third kappa shape index (κ3) is 4.43. The van der Waals surface area contributed by atoms with E-state index in [1.807, 2.05) is 0 Å². The molecule has 0 saturated carbocycles. The molecule has 1 aromatic carbocycles. The Morgan fingerprint density at radius 1 is 1.08 bits per heavy atom. The number of fused-ring (bicyclic) bond motifs is 1. The van der Waals surface area contributed by atoms with Crippen molar-refractivity contribution in [2.45, 2.75) is 38.0 Å². The number of rotatable bonds is 0. The number of amides is 1. The Labute approximate surface area is 155 Å². The average Bonchev–Trinajstić information content (AvgIpc) is 2.57. The molecule has 0 bridgehead atoms. The molecule has 140 valence electrons. The fraction of sp³-hybridized carbons (Fsp3) is 0.333. The molecule has 3 atom stereocenters. The zero-order valence-electron chi connectivity index (χ0n) is 14.0. The van der Waals surface area contributed by atoms with E-state index in [-0.39, 0.29) is 35.0 Å². The fourth-order valence-electron chi connectivity index (χ4n) is 2.53. The SMILES string of the molecule is C[C@H]1C/C=C\C(=O)[C@@H](O)[C@@H](O)C/C=C/c2c(Cl)c(O)cc(O)c2C(=O)N1. The van der Waals surface area contributed by atoms with Crippen LogP contribution in [0.4, 0.5) is 0 Å². The predicted molar refractivity (Wildman–Crippen MR) is 96.1 cm³/mol. The molecule has 0 aliphatic carbocycles. The number of aromatic hydroxyl groups is 2. The van der Waals surface area contributed by atoms with E-state index in [2.05, 4.69) is 5.32 Å². The first-order chi connectivity index (χ1) is 12.2. The second-order valence-electron chi connectivity index (χ2n) is 6.08. The summed E-state index contributed by atoms with van der Waals surface area (Å²) in [4.78, 5) is 24.3. The van der Waals surface area contributed by atoms with Crippen molar-refractivity contribution in [3.8, 4) is 11.5 Å². The summed E-state index contributed by atoms with van der Waals surface area (Å²) >= 11 is 6.05. The van der Waals surface area contributed by atoms with Gasteiger partial charge in [0.1, 0.15) is 17.6 Å². The molecule has 2 rings (SSSR count). The van der Waals surface area contributed by atoms with E-state index >= 15 is 0 Å². The molecule has 7 nitrogen and oxygen atoms in total. The summed E-state index contributed by atoms with van der Waals surface area (Å²) in [5.41, 5.74) is -0.0578. The van der Waals surface area contributed by atoms with Crippen molar-refractivity contribution >= 4 is 29.4 Å². The van der Waals surface area contributed by atoms with Crippen molar-refractivity contribution in [1.82, 2.24) is 5.32 Å². The lowest BCUT2D eigenvalue weighted by Crippen LogP contribution is -2.34. The van der Waals surface area contributed by atoms with Gasteiger partial charge in [-0.1, -0.05) is 29.8 Å². The molecule has 5 N–H and O–H groups in total. The van der Waals surface area contributed by atoms with Gasteiger partial charge in [0.25, 0.3) is 5.91 Å². The molecule has 1 aromatic rings. The molecule has 1 aliphatic rings. The molecule has 0 aromatic heterocycles. The van der Waals surface area contributed by atoms with E-state index < -0.39 is 35.4 Å². The minimum absolute atomic E-state index is 0.0643. The lowest BCUT2D eigenvalue weighted by Gasteiger charge is -2.17. The quantitative estimate of drug-likeness (QED) is 0.463. The van der Waals surface area contributed by atoms with Gasteiger partial charge in [0.2, 0.25) is 0 Å². The average molecular weight is 382 g/mol. The van der Waals surface area contributed by atoms with Crippen LogP contribution in [0.5, 0.6) is 11.5 Å². The van der Waals surface area contributed by atoms with Gasteiger partial charge in [-0.2, -0.15) is 0 Å². The minimum atomic E-state index is -1.59. The predicted octanol–water partition coefficient (Wildman–Crippen LogP) is 1.52. The van der Waals surface area contributed by atoms with Gasteiger partial charge in [0.05, 0.1) is 16.7 Å². The Morgan fingerprint density at radius 2 is 1.73 bits per heavy atom. The van der Waals surface area contributed by atoms with Crippen LogP contribution in [0.25, 0.3) is 6.08 Å². The van der Waals surface area contributed by atoms with E-state index in [4.69, 9.17) is 11.6 Å². The molecule has 0 spiro atoms. The van der Waals surface area contributed by atoms with Gasteiger partial charge in [0, 0.05) is 17.7 Å². The standard InChI is InChI=1S/C18H20ClNO6/c1-9-4-2-6-11(21)17(25)12(22)7-3-5-10-15(18(26)20-9)13(23)8-14(24)16(10)19/h2-3,5-6,8-9,12,17,22-25H,4,7H2,1H3,(H,20,26)/b5-3+,6-2-/t9-,12-,17+/m0/s1. The number of carbonyl (C=O) groups is 2. The number of hydrogen-bond donors (Lipinski definition) is 5. The maximum Gasteiger partial charge on any atom is 0.255 e. The number of aliphatic hydroxyl groups is 2.